The highest BCUT2D eigenvalue weighted by Crippen LogP contribution is 2.41. The molecule has 184 valence electrons. The summed E-state index contributed by atoms with van der Waals surface area (Å²) < 4.78 is 17.7. The molecule has 1 aromatic heterocycles. The molecule has 1 aliphatic rings. The van der Waals surface area contributed by atoms with Crippen LogP contribution < -0.4 is 14.9 Å². The van der Waals surface area contributed by atoms with Crippen molar-refractivity contribution >= 4 is 28.5 Å². The zero-order valence-electron chi connectivity index (χ0n) is 20.3. The Morgan fingerprint density at radius 2 is 1.81 bits per heavy atom. The number of halogens is 1. The van der Waals surface area contributed by atoms with Gasteiger partial charge < -0.3 is 18.8 Å². The van der Waals surface area contributed by atoms with E-state index in [1.165, 1.54) is 0 Å². The minimum Gasteiger partial charge on any atom is -0.493 e. The molecular weight excluding hydrogens is 478 g/mol. The monoisotopic (exact) mass is 503 g/mol. The van der Waals surface area contributed by atoms with E-state index in [2.05, 4.69) is 0 Å². The Morgan fingerprint density at radius 1 is 1.03 bits per heavy atom. The summed E-state index contributed by atoms with van der Waals surface area (Å²) in [6.45, 7) is 4.68. The molecule has 3 aromatic carbocycles. The first kappa shape index (κ1) is 23.9. The third kappa shape index (κ3) is 4.11. The Labute approximate surface area is 214 Å². The van der Waals surface area contributed by atoms with Gasteiger partial charge in [0.1, 0.15) is 12.2 Å². The fourth-order valence-corrected chi connectivity index (χ4v) is 4.83. The average molecular weight is 504 g/mol. The van der Waals surface area contributed by atoms with Gasteiger partial charge in [-0.3, -0.25) is 9.59 Å². The SMILES string of the molecule is CCCN1C(=O)c2oc3cc(C)c(Cl)cc3c(=O)c2C1c1ccc(OCc2ccccc2)c(OC)c1. The van der Waals surface area contributed by atoms with Gasteiger partial charge in [0.2, 0.25) is 5.76 Å². The van der Waals surface area contributed by atoms with Gasteiger partial charge in [0.25, 0.3) is 5.91 Å². The van der Waals surface area contributed by atoms with Crippen LogP contribution in [-0.2, 0) is 6.61 Å². The number of hydrogen-bond donors (Lipinski definition) is 0. The van der Waals surface area contributed by atoms with Crippen molar-refractivity contribution in [2.45, 2.75) is 32.9 Å². The molecule has 0 N–H and O–H groups in total. The van der Waals surface area contributed by atoms with Crippen molar-refractivity contribution in [2.75, 3.05) is 13.7 Å². The highest BCUT2D eigenvalue weighted by molar-refractivity contribution is 6.32. The molecule has 1 amide bonds. The molecule has 36 heavy (non-hydrogen) atoms. The number of nitrogens with zero attached hydrogens (tertiary/aromatic N) is 1. The smallest absolute Gasteiger partial charge is 0.290 e. The summed E-state index contributed by atoms with van der Waals surface area (Å²) in [4.78, 5) is 28.8. The lowest BCUT2D eigenvalue weighted by molar-refractivity contribution is 0.0728. The molecule has 1 unspecified atom stereocenters. The van der Waals surface area contributed by atoms with Crippen LogP contribution in [0.2, 0.25) is 5.02 Å². The van der Waals surface area contributed by atoms with Gasteiger partial charge in [-0.2, -0.15) is 0 Å². The van der Waals surface area contributed by atoms with Crippen molar-refractivity contribution in [3.63, 3.8) is 0 Å². The molecule has 0 saturated carbocycles. The number of carbonyl (C=O) groups excluding carboxylic acids is 1. The molecule has 0 radical (unpaired) electrons. The molecule has 5 rings (SSSR count). The number of amides is 1. The Hall–Kier alpha value is -3.77. The summed E-state index contributed by atoms with van der Waals surface area (Å²) in [5, 5.41) is 0.831. The third-order valence-corrected chi connectivity index (χ3v) is 6.86. The second kappa shape index (κ2) is 9.70. The van der Waals surface area contributed by atoms with Gasteiger partial charge in [0.05, 0.1) is 24.1 Å². The van der Waals surface area contributed by atoms with Gasteiger partial charge in [-0.05, 0) is 54.3 Å². The summed E-state index contributed by atoms with van der Waals surface area (Å²) >= 11 is 6.31. The van der Waals surface area contributed by atoms with Crippen LogP contribution in [0.25, 0.3) is 11.0 Å². The molecular formula is C29H26ClNO5. The van der Waals surface area contributed by atoms with Crippen LogP contribution in [0.3, 0.4) is 0 Å². The van der Waals surface area contributed by atoms with E-state index in [1.807, 2.05) is 62.4 Å². The van der Waals surface area contributed by atoms with Crippen LogP contribution in [0.5, 0.6) is 11.5 Å². The van der Waals surface area contributed by atoms with Crippen LogP contribution in [0.4, 0.5) is 0 Å². The molecule has 0 aliphatic carbocycles. The Balaban J connectivity index is 1.60. The van der Waals surface area contributed by atoms with Crippen molar-refractivity contribution in [1.82, 2.24) is 4.90 Å². The minimum absolute atomic E-state index is 0.0797. The number of carbonyl (C=O) groups is 1. The van der Waals surface area contributed by atoms with Gasteiger partial charge in [-0.1, -0.05) is 54.9 Å². The van der Waals surface area contributed by atoms with Crippen molar-refractivity contribution in [1.29, 1.82) is 0 Å². The average Bonchev–Trinajstić information content (AvgIpc) is 3.16. The van der Waals surface area contributed by atoms with Gasteiger partial charge in [-0.15, -0.1) is 0 Å². The predicted molar refractivity (Wildman–Crippen MR) is 139 cm³/mol. The Bertz CT molecular complexity index is 1510. The van der Waals surface area contributed by atoms with E-state index in [4.69, 9.17) is 25.5 Å². The number of aryl methyl sites for hydroxylation is 1. The van der Waals surface area contributed by atoms with E-state index in [0.717, 1.165) is 23.1 Å². The van der Waals surface area contributed by atoms with Crippen LogP contribution >= 0.6 is 11.6 Å². The minimum atomic E-state index is -0.606. The summed E-state index contributed by atoms with van der Waals surface area (Å²) in [6, 6.07) is 18.1. The first-order chi connectivity index (χ1) is 17.4. The largest absolute Gasteiger partial charge is 0.493 e. The molecule has 4 aromatic rings. The number of ether oxygens (including phenoxy) is 2. The van der Waals surface area contributed by atoms with Gasteiger partial charge >= 0.3 is 0 Å². The molecule has 2 heterocycles. The number of methoxy groups -OCH3 is 1. The van der Waals surface area contributed by atoms with Crippen LogP contribution in [0.15, 0.2) is 69.9 Å². The van der Waals surface area contributed by atoms with E-state index in [-0.39, 0.29) is 17.1 Å². The van der Waals surface area contributed by atoms with E-state index < -0.39 is 6.04 Å². The Morgan fingerprint density at radius 3 is 2.53 bits per heavy atom. The van der Waals surface area contributed by atoms with Crippen molar-refractivity contribution in [3.05, 3.63) is 104 Å². The molecule has 0 fully saturated rings. The van der Waals surface area contributed by atoms with Crippen LogP contribution in [-0.4, -0.2) is 24.5 Å². The maximum atomic E-state index is 13.7. The molecule has 0 spiro atoms. The fraction of sp³-hybridized carbons (Fsp3) is 0.241. The molecule has 0 saturated heterocycles. The van der Waals surface area contributed by atoms with E-state index in [9.17, 15) is 9.59 Å². The van der Waals surface area contributed by atoms with E-state index in [0.29, 0.717) is 46.2 Å². The lowest BCUT2D eigenvalue weighted by Gasteiger charge is -2.25. The van der Waals surface area contributed by atoms with Gasteiger partial charge in [-0.25, -0.2) is 0 Å². The molecule has 7 heteroatoms. The third-order valence-electron chi connectivity index (χ3n) is 6.45. The lowest BCUT2D eigenvalue weighted by Crippen LogP contribution is -2.30. The van der Waals surface area contributed by atoms with E-state index >= 15 is 0 Å². The topological polar surface area (TPSA) is 69.0 Å². The zero-order valence-corrected chi connectivity index (χ0v) is 21.1. The molecule has 1 atom stereocenters. The standard InChI is InChI=1S/C29H26ClNO5/c1-4-12-31-26(19-10-11-22(24(14-19)34-3)35-16-18-8-6-5-7-9-18)25-27(32)20-15-21(30)17(2)13-23(20)36-28(25)29(31)33/h5-11,13-15,26H,4,12,16H2,1-3H3. The van der Waals surface area contributed by atoms with Gasteiger partial charge in [0, 0.05) is 11.6 Å². The van der Waals surface area contributed by atoms with E-state index in [1.54, 1.807) is 24.1 Å². The summed E-state index contributed by atoms with van der Waals surface area (Å²) in [5.74, 6) is 0.872. The number of rotatable bonds is 7. The van der Waals surface area contributed by atoms with Crippen molar-refractivity contribution in [2.24, 2.45) is 0 Å². The lowest BCUT2D eigenvalue weighted by atomic mass is 9.97. The quantitative estimate of drug-likeness (QED) is 0.296. The predicted octanol–water partition coefficient (Wildman–Crippen LogP) is 6.30. The van der Waals surface area contributed by atoms with Gasteiger partial charge in [0.15, 0.2) is 16.9 Å². The van der Waals surface area contributed by atoms with Crippen LogP contribution in [0, 0.1) is 6.92 Å². The molecule has 6 nitrogen and oxygen atoms in total. The molecule has 1 aliphatic heterocycles. The maximum Gasteiger partial charge on any atom is 0.290 e. The first-order valence-electron chi connectivity index (χ1n) is 11.9. The maximum absolute atomic E-state index is 13.7. The van der Waals surface area contributed by atoms with Crippen LogP contribution in [0.1, 0.15) is 52.2 Å². The van der Waals surface area contributed by atoms with Crippen molar-refractivity contribution in [3.8, 4) is 11.5 Å². The summed E-state index contributed by atoms with van der Waals surface area (Å²) in [7, 11) is 1.57. The fourth-order valence-electron chi connectivity index (χ4n) is 4.67. The molecule has 0 bridgehead atoms. The first-order valence-corrected chi connectivity index (χ1v) is 12.2. The second-order valence-corrected chi connectivity index (χ2v) is 9.26. The number of benzene rings is 3. The summed E-state index contributed by atoms with van der Waals surface area (Å²) in [6.07, 6.45) is 0.726. The normalized spacial score (nSPS) is 14.8. The number of fused-ring (bicyclic) bond motifs is 2. The zero-order chi connectivity index (χ0) is 25.4. The number of hydrogen-bond acceptors (Lipinski definition) is 5. The Kier molecular flexibility index (Phi) is 6.46. The highest BCUT2D eigenvalue weighted by atomic mass is 35.5. The van der Waals surface area contributed by atoms with Crippen molar-refractivity contribution < 1.29 is 18.7 Å². The summed E-state index contributed by atoms with van der Waals surface area (Å²) in [5.41, 5.74) is 2.97. The highest BCUT2D eigenvalue weighted by Gasteiger charge is 2.42. The second-order valence-electron chi connectivity index (χ2n) is 8.86.